The van der Waals surface area contributed by atoms with Gasteiger partial charge in [0, 0.05) is 19.2 Å². The lowest BCUT2D eigenvalue weighted by Gasteiger charge is -2.25. The first-order valence-corrected chi connectivity index (χ1v) is 11.4. The molecule has 0 spiro atoms. The summed E-state index contributed by atoms with van der Waals surface area (Å²) >= 11 is 12.3. The van der Waals surface area contributed by atoms with Crippen LogP contribution >= 0.6 is 23.2 Å². The Kier molecular flexibility index (Phi) is 8.05. The largest absolute Gasteiger partial charge is 0.507 e. The van der Waals surface area contributed by atoms with Crippen LogP contribution in [0.5, 0.6) is 5.75 Å². The van der Waals surface area contributed by atoms with Crippen molar-refractivity contribution in [2.24, 2.45) is 5.92 Å². The maximum Gasteiger partial charge on any atom is 0.295 e. The molecule has 0 aromatic heterocycles. The van der Waals surface area contributed by atoms with Gasteiger partial charge in [-0.25, -0.2) is 0 Å². The summed E-state index contributed by atoms with van der Waals surface area (Å²) in [7, 11) is 1.51. The van der Waals surface area contributed by atoms with Gasteiger partial charge >= 0.3 is 0 Å². The minimum absolute atomic E-state index is 0.00607. The van der Waals surface area contributed by atoms with Crippen molar-refractivity contribution in [3.8, 4) is 5.75 Å². The molecule has 1 heterocycles. The molecule has 6 nitrogen and oxygen atoms in total. The molecule has 1 saturated heterocycles. The van der Waals surface area contributed by atoms with Gasteiger partial charge in [0.15, 0.2) is 0 Å². The Balaban J connectivity index is 2.11. The molecule has 0 unspecified atom stereocenters. The fraction of sp³-hybridized carbons (Fsp3) is 0.360. The van der Waals surface area contributed by atoms with Crippen LogP contribution in [0.25, 0.3) is 5.76 Å². The minimum atomic E-state index is -0.828. The summed E-state index contributed by atoms with van der Waals surface area (Å²) in [5, 5.41) is 11.9. The summed E-state index contributed by atoms with van der Waals surface area (Å²) < 4.78 is 10.9. The van der Waals surface area contributed by atoms with E-state index in [-0.39, 0.29) is 29.5 Å². The Morgan fingerprint density at radius 3 is 2.45 bits per heavy atom. The van der Waals surface area contributed by atoms with Gasteiger partial charge in [0.1, 0.15) is 11.5 Å². The van der Waals surface area contributed by atoms with E-state index in [1.54, 1.807) is 36.4 Å². The van der Waals surface area contributed by atoms with Crippen LogP contribution in [-0.4, -0.2) is 48.6 Å². The van der Waals surface area contributed by atoms with Crippen LogP contribution in [0.4, 0.5) is 0 Å². The number of methoxy groups -OCH3 is 1. The van der Waals surface area contributed by atoms with Crippen LogP contribution in [0, 0.1) is 12.8 Å². The molecule has 0 bridgehead atoms. The number of hydrogen-bond donors (Lipinski definition) is 1. The van der Waals surface area contributed by atoms with Crippen LogP contribution in [0.15, 0.2) is 42.0 Å². The van der Waals surface area contributed by atoms with Gasteiger partial charge in [0.05, 0.1) is 34.9 Å². The maximum absolute atomic E-state index is 13.1. The zero-order valence-electron chi connectivity index (χ0n) is 19.0. The highest BCUT2D eigenvalue weighted by atomic mass is 35.5. The van der Waals surface area contributed by atoms with E-state index >= 15 is 0 Å². The van der Waals surface area contributed by atoms with E-state index in [1.165, 1.54) is 12.0 Å². The summed E-state index contributed by atoms with van der Waals surface area (Å²) in [4.78, 5) is 27.3. The highest BCUT2D eigenvalue weighted by molar-refractivity contribution is 6.47. The first-order valence-electron chi connectivity index (χ1n) is 10.6. The van der Waals surface area contributed by atoms with Crippen molar-refractivity contribution in [1.29, 1.82) is 0 Å². The third-order valence-electron chi connectivity index (χ3n) is 5.37. The lowest BCUT2D eigenvalue weighted by atomic mass is 9.94. The van der Waals surface area contributed by atoms with Crippen molar-refractivity contribution in [2.45, 2.75) is 26.8 Å². The molecule has 0 saturated carbocycles. The molecule has 0 radical (unpaired) electrons. The fourth-order valence-corrected chi connectivity index (χ4v) is 4.04. The number of aryl methyl sites for hydroxylation is 1. The van der Waals surface area contributed by atoms with Crippen LogP contribution in [-0.2, 0) is 14.3 Å². The highest BCUT2D eigenvalue weighted by Crippen LogP contribution is 2.41. The number of nitrogens with zero attached hydrogens (tertiary/aromatic N) is 1. The number of carbonyl (C=O) groups is 2. The van der Waals surface area contributed by atoms with Gasteiger partial charge in [-0.15, -0.1) is 0 Å². The first kappa shape index (κ1) is 25.1. The Morgan fingerprint density at radius 2 is 1.85 bits per heavy atom. The number of ether oxygens (including phenoxy) is 2. The van der Waals surface area contributed by atoms with E-state index in [2.05, 4.69) is 13.8 Å². The van der Waals surface area contributed by atoms with E-state index < -0.39 is 17.7 Å². The molecule has 3 rings (SSSR count). The van der Waals surface area contributed by atoms with Crippen molar-refractivity contribution >= 4 is 40.7 Å². The summed E-state index contributed by atoms with van der Waals surface area (Å²) in [5.41, 5.74) is 1.72. The Hall–Kier alpha value is -2.54. The SMILES string of the molecule is COCCN1C(=O)C(=O)C(=C(O)c2ccc(OCC(C)C)cc2C)[C@H]1c1ccc(Cl)c(Cl)c1. The predicted molar refractivity (Wildman–Crippen MR) is 129 cm³/mol. The Labute approximate surface area is 203 Å². The van der Waals surface area contributed by atoms with E-state index in [0.717, 1.165) is 0 Å². The van der Waals surface area contributed by atoms with Gasteiger partial charge in [0.2, 0.25) is 0 Å². The molecule has 33 heavy (non-hydrogen) atoms. The van der Waals surface area contributed by atoms with E-state index in [1.807, 2.05) is 6.92 Å². The molecule has 1 atom stereocenters. The number of carbonyl (C=O) groups excluding carboxylic acids is 2. The number of likely N-dealkylation sites (tertiary alicyclic amines) is 1. The molecule has 176 valence electrons. The number of halogens is 2. The highest BCUT2D eigenvalue weighted by Gasteiger charge is 2.46. The van der Waals surface area contributed by atoms with E-state index in [4.69, 9.17) is 32.7 Å². The molecular weight excluding hydrogens is 465 g/mol. The van der Waals surface area contributed by atoms with Crippen LogP contribution in [0.1, 0.15) is 36.6 Å². The van der Waals surface area contributed by atoms with Gasteiger partial charge in [-0.2, -0.15) is 0 Å². The zero-order chi connectivity index (χ0) is 24.3. The lowest BCUT2D eigenvalue weighted by Crippen LogP contribution is -2.32. The molecule has 1 aliphatic heterocycles. The second kappa shape index (κ2) is 10.6. The molecule has 1 fully saturated rings. The number of rotatable bonds is 8. The molecule has 2 aromatic carbocycles. The van der Waals surface area contributed by atoms with Crippen molar-refractivity contribution in [2.75, 3.05) is 26.9 Å². The molecular formula is C25H27Cl2NO5. The molecule has 2 aromatic rings. The molecule has 1 N–H and O–H groups in total. The van der Waals surface area contributed by atoms with Crippen LogP contribution < -0.4 is 4.74 Å². The number of aliphatic hydroxyl groups is 1. The summed E-state index contributed by atoms with van der Waals surface area (Å²) in [6.07, 6.45) is 0. The van der Waals surface area contributed by atoms with E-state index in [9.17, 15) is 14.7 Å². The van der Waals surface area contributed by atoms with Crippen LogP contribution in [0.2, 0.25) is 10.0 Å². The van der Waals surface area contributed by atoms with Crippen molar-refractivity contribution in [3.63, 3.8) is 0 Å². The quantitative estimate of drug-likeness (QED) is 0.303. The molecule has 1 aliphatic rings. The summed E-state index contributed by atoms with van der Waals surface area (Å²) in [6, 6.07) is 9.28. The fourth-order valence-electron chi connectivity index (χ4n) is 3.73. The van der Waals surface area contributed by atoms with E-state index in [0.29, 0.717) is 40.0 Å². The van der Waals surface area contributed by atoms with Gasteiger partial charge in [-0.3, -0.25) is 9.59 Å². The van der Waals surface area contributed by atoms with Gasteiger partial charge in [-0.1, -0.05) is 43.1 Å². The van der Waals surface area contributed by atoms with Crippen molar-refractivity contribution < 1.29 is 24.2 Å². The van der Waals surface area contributed by atoms with Gasteiger partial charge in [-0.05, 0) is 54.3 Å². The maximum atomic E-state index is 13.1. The normalized spacial score (nSPS) is 17.8. The lowest BCUT2D eigenvalue weighted by molar-refractivity contribution is -0.140. The van der Waals surface area contributed by atoms with Crippen molar-refractivity contribution in [3.05, 3.63) is 68.7 Å². The number of benzene rings is 2. The van der Waals surface area contributed by atoms with Crippen LogP contribution in [0.3, 0.4) is 0 Å². The van der Waals surface area contributed by atoms with Gasteiger partial charge < -0.3 is 19.5 Å². The third kappa shape index (κ3) is 5.35. The third-order valence-corrected chi connectivity index (χ3v) is 6.11. The number of hydrogen-bond acceptors (Lipinski definition) is 5. The van der Waals surface area contributed by atoms with Crippen molar-refractivity contribution in [1.82, 2.24) is 4.90 Å². The minimum Gasteiger partial charge on any atom is -0.507 e. The Bertz CT molecular complexity index is 1100. The predicted octanol–water partition coefficient (Wildman–Crippen LogP) is 5.40. The Morgan fingerprint density at radius 1 is 1.12 bits per heavy atom. The number of amides is 1. The average molecular weight is 492 g/mol. The number of ketones is 1. The standard InChI is InChI=1S/C25H27Cl2NO5/c1-14(2)13-33-17-6-7-18(15(3)11-17)23(29)21-22(16-5-8-19(26)20(27)12-16)28(9-10-32-4)25(31)24(21)30/h5-8,11-12,14,22,29H,9-10,13H2,1-4H3/t22-/m1/s1. The van der Waals surface area contributed by atoms with Gasteiger partial charge in [0.25, 0.3) is 11.7 Å². The number of aliphatic hydroxyl groups excluding tert-OH is 1. The first-order chi connectivity index (χ1) is 15.6. The smallest absolute Gasteiger partial charge is 0.295 e. The molecule has 1 amide bonds. The zero-order valence-corrected chi connectivity index (χ0v) is 20.5. The molecule has 8 heteroatoms. The monoisotopic (exact) mass is 491 g/mol. The summed E-state index contributed by atoms with van der Waals surface area (Å²) in [5.74, 6) is -0.692. The second-order valence-corrected chi connectivity index (χ2v) is 9.15. The average Bonchev–Trinajstić information content (AvgIpc) is 3.02. The second-order valence-electron chi connectivity index (χ2n) is 8.34. The molecule has 0 aliphatic carbocycles. The topological polar surface area (TPSA) is 76.1 Å². The summed E-state index contributed by atoms with van der Waals surface area (Å²) in [6.45, 7) is 6.88. The number of Topliss-reactive ketones (excluding diaryl/α,β-unsaturated/α-hetero) is 1.